The largest absolute Gasteiger partial charge is 0.339 e. The van der Waals surface area contributed by atoms with E-state index in [1.807, 2.05) is 35.2 Å². The van der Waals surface area contributed by atoms with Gasteiger partial charge in [0, 0.05) is 18.7 Å². The SMILES string of the molecule is N#CCSc1nc2cc(C(=O)N3CCCC3)ccc2c(=O)n1-c1ccccc1. The van der Waals surface area contributed by atoms with Crippen LogP contribution >= 0.6 is 11.8 Å². The van der Waals surface area contributed by atoms with Gasteiger partial charge in [0.1, 0.15) is 0 Å². The van der Waals surface area contributed by atoms with Crippen molar-refractivity contribution in [2.24, 2.45) is 0 Å². The van der Waals surface area contributed by atoms with Gasteiger partial charge in [-0.25, -0.2) is 4.98 Å². The molecule has 1 aliphatic rings. The van der Waals surface area contributed by atoms with E-state index in [1.165, 1.54) is 16.3 Å². The Bertz CT molecular complexity index is 1130. The normalized spacial score (nSPS) is 13.6. The second-order valence-electron chi connectivity index (χ2n) is 6.55. The van der Waals surface area contributed by atoms with Crippen LogP contribution in [0, 0.1) is 11.3 Å². The van der Waals surface area contributed by atoms with Gasteiger partial charge in [-0.2, -0.15) is 5.26 Å². The highest BCUT2D eigenvalue weighted by Crippen LogP contribution is 2.22. The molecule has 4 rings (SSSR count). The molecule has 0 saturated carbocycles. The summed E-state index contributed by atoms with van der Waals surface area (Å²) in [6.07, 6.45) is 2.04. The van der Waals surface area contributed by atoms with Crippen LogP contribution in [0.5, 0.6) is 0 Å². The molecule has 1 amide bonds. The molecule has 6 nitrogen and oxygen atoms in total. The van der Waals surface area contributed by atoms with E-state index in [0.717, 1.165) is 25.9 Å². The van der Waals surface area contributed by atoms with Crippen LogP contribution < -0.4 is 5.56 Å². The van der Waals surface area contributed by atoms with Crippen molar-refractivity contribution < 1.29 is 4.79 Å². The number of carbonyl (C=O) groups excluding carboxylic acids is 1. The highest BCUT2D eigenvalue weighted by atomic mass is 32.2. The number of hydrogen-bond donors (Lipinski definition) is 0. The molecular weight excluding hydrogens is 372 g/mol. The third-order valence-corrected chi connectivity index (χ3v) is 5.56. The van der Waals surface area contributed by atoms with E-state index in [0.29, 0.717) is 27.3 Å². The molecule has 2 heterocycles. The van der Waals surface area contributed by atoms with Gasteiger partial charge < -0.3 is 4.90 Å². The second-order valence-corrected chi connectivity index (χ2v) is 7.49. The fourth-order valence-electron chi connectivity index (χ4n) is 3.40. The molecule has 1 fully saturated rings. The number of hydrogen-bond acceptors (Lipinski definition) is 5. The fraction of sp³-hybridized carbons (Fsp3) is 0.238. The average molecular weight is 390 g/mol. The molecular formula is C21H18N4O2S. The molecule has 1 aromatic heterocycles. The van der Waals surface area contributed by atoms with Crippen molar-refractivity contribution in [2.75, 3.05) is 18.8 Å². The molecule has 1 aliphatic heterocycles. The Hall–Kier alpha value is -3.11. The van der Waals surface area contributed by atoms with Crippen LogP contribution in [-0.4, -0.2) is 39.2 Å². The highest BCUT2D eigenvalue weighted by Gasteiger charge is 2.21. The first-order valence-corrected chi connectivity index (χ1v) is 10.1. The Kier molecular flexibility index (Phi) is 5.13. The molecule has 0 bridgehead atoms. The van der Waals surface area contributed by atoms with Crippen molar-refractivity contribution in [1.82, 2.24) is 14.5 Å². The van der Waals surface area contributed by atoms with Crippen molar-refractivity contribution in [3.8, 4) is 11.8 Å². The average Bonchev–Trinajstić information content (AvgIpc) is 3.27. The lowest BCUT2D eigenvalue weighted by Gasteiger charge is -2.16. The number of nitriles is 1. The smallest absolute Gasteiger partial charge is 0.266 e. The molecule has 0 N–H and O–H groups in total. The topological polar surface area (TPSA) is 79.0 Å². The number of nitrogens with zero attached hydrogens (tertiary/aromatic N) is 4. The van der Waals surface area contributed by atoms with Crippen LogP contribution in [0.25, 0.3) is 16.6 Å². The van der Waals surface area contributed by atoms with Gasteiger partial charge in [-0.15, -0.1) is 0 Å². The van der Waals surface area contributed by atoms with E-state index in [9.17, 15) is 9.59 Å². The Morgan fingerprint density at radius 1 is 1.14 bits per heavy atom. The number of rotatable bonds is 4. The number of thioether (sulfide) groups is 1. The van der Waals surface area contributed by atoms with Crippen molar-refractivity contribution in [2.45, 2.75) is 18.0 Å². The van der Waals surface area contributed by atoms with Gasteiger partial charge in [-0.3, -0.25) is 14.2 Å². The zero-order valence-corrected chi connectivity index (χ0v) is 16.0. The number of aromatic nitrogens is 2. The maximum Gasteiger partial charge on any atom is 0.266 e. The lowest BCUT2D eigenvalue weighted by molar-refractivity contribution is 0.0793. The molecule has 7 heteroatoms. The van der Waals surface area contributed by atoms with Crippen molar-refractivity contribution in [3.63, 3.8) is 0 Å². The van der Waals surface area contributed by atoms with Crippen LogP contribution in [0.1, 0.15) is 23.2 Å². The van der Waals surface area contributed by atoms with Crippen LogP contribution in [0.4, 0.5) is 0 Å². The third kappa shape index (κ3) is 3.39. The summed E-state index contributed by atoms with van der Waals surface area (Å²) in [6, 6.07) is 16.4. The van der Waals surface area contributed by atoms with Crippen molar-refractivity contribution in [3.05, 3.63) is 64.4 Å². The van der Waals surface area contributed by atoms with Gasteiger partial charge in [0.2, 0.25) is 0 Å². The lowest BCUT2D eigenvalue weighted by atomic mass is 10.1. The number of carbonyl (C=O) groups is 1. The first-order chi connectivity index (χ1) is 13.7. The van der Waals surface area contributed by atoms with E-state index in [2.05, 4.69) is 11.1 Å². The zero-order chi connectivity index (χ0) is 19.5. The van der Waals surface area contributed by atoms with Crippen molar-refractivity contribution >= 4 is 28.6 Å². The number of para-hydroxylation sites is 1. The minimum absolute atomic E-state index is 0.0281. The summed E-state index contributed by atoms with van der Waals surface area (Å²) in [6.45, 7) is 1.53. The summed E-state index contributed by atoms with van der Waals surface area (Å²) >= 11 is 1.21. The van der Waals surface area contributed by atoms with E-state index >= 15 is 0 Å². The van der Waals surface area contributed by atoms with Gasteiger partial charge in [0.25, 0.3) is 11.5 Å². The minimum atomic E-state index is -0.211. The summed E-state index contributed by atoms with van der Waals surface area (Å²) in [5, 5.41) is 9.86. The number of amides is 1. The van der Waals surface area contributed by atoms with E-state index < -0.39 is 0 Å². The Balaban J connectivity index is 1.85. The van der Waals surface area contributed by atoms with Crippen LogP contribution in [-0.2, 0) is 0 Å². The summed E-state index contributed by atoms with van der Waals surface area (Å²) in [7, 11) is 0. The number of benzene rings is 2. The molecule has 1 saturated heterocycles. The molecule has 0 radical (unpaired) electrons. The highest BCUT2D eigenvalue weighted by molar-refractivity contribution is 7.99. The van der Waals surface area contributed by atoms with Crippen LogP contribution in [0.2, 0.25) is 0 Å². The number of fused-ring (bicyclic) bond motifs is 1. The van der Waals surface area contributed by atoms with Gasteiger partial charge in [-0.1, -0.05) is 30.0 Å². The first-order valence-electron chi connectivity index (χ1n) is 9.10. The molecule has 2 aromatic carbocycles. The molecule has 28 heavy (non-hydrogen) atoms. The standard InChI is InChI=1S/C21H18N4O2S/c22-10-13-28-21-23-18-14-15(19(26)24-11-4-5-12-24)8-9-17(18)20(27)25(21)16-6-2-1-3-7-16/h1-3,6-9,14H,4-5,11-13H2. The van der Waals surface area contributed by atoms with Gasteiger partial charge in [-0.05, 0) is 43.2 Å². The summed E-state index contributed by atoms with van der Waals surface area (Å²) < 4.78 is 1.52. The van der Waals surface area contributed by atoms with Gasteiger partial charge in [0.15, 0.2) is 5.16 Å². The van der Waals surface area contributed by atoms with Gasteiger partial charge >= 0.3 is 0 Å². The predicted molar refractivity (Wildman–Crippen MR) is 109 cm³/mol. The number of likely N-dealkylation sites (tertiary alicyclic amines) is 1. The van der Waals surface area contributed by atoms with E-state index in [-0.39, 0.29) is 17.2 Å². The summed E-state index contributed by atoms with van der Waals surface area (Å²) in [5.41, 5.74) is 1.49. The minimum Gasteiger partial charge on any atom is -0.339 e. The molecule has 0 aliphatic carbocycles. The quantitative estimate of drug-likeness (QED) is 0.505. The molecule has 0 unspecified atom stereocenters. The Morgan fingerprint density at radius 2 is 1.89 bits per heavy atom. The van der Waals surface area contributed by atoms with E-state index in [4.69, 9.17) is 5.26 Å². The molecule has 0 atom stereocenters. The van der Waals surface area contributed by atoms with Gasteiger partial charge in [0.05, 0.1) is 28.4 Å². The monoisotopic (exact) mass is 390 g/mol. The zero-order valence-electron chi connectivity index (χ0n) is 15.2. The third-order valence-electron chi connectivity index (χ3n) is 4.76. The fourth-order valence-corrected chi connectivity index (χ4v) is 4.07. The molecule has 3 aromatic rings. The Labute approximate surface area is 166 Å². The van der Waals surface area contributed by atoms with E-state index in [1.54, 1.807) is 18.2 Å². The van der Waals surface area contributed by atoms with Crippen molar-refractivity contribution in [1.29, 1.82) is 5.26 Å². The molecule has 140 valence electrons. The summed E-state index contributed by atoms with van der Waals surface area (Å²) in [5.74, 6) is 0.150. The second kappa shape index (κ2) is 7.87. The van der Waals surface area contributed by atoms with Crippen LogP contribution in [0.15, 0.2) is 58.5 Å². The summed E-state index contributed by atoms with van der Waals surface area (Å²) in [4.78, 5) is 32.3. The lowest BCUT2D eigenvalue weighted by Crippen LogP contribution is -2.28. The molecule has 0 spiro atoms. The first kappa shape index (κ1) is 18.3. The maximum atomic E-state index is 13.2. The Morgan fingerprint density at radius 3 is 2.61 bits per heavy atom. The van der Waals surface area contributed by atoms with Crippen LogP contribution in [0.3, 0.4) is 0 Å². The maximum absolute atomic E-state index is 13.2. The predicted octanol–water partition coefficient (Wildman–Crippen LogP) is 3.24.